The standard InChI is InChI=1S/C11H8ClN3O/c12-7-1-2-9-10(5-7)16-11(15-9)14-8-3-4-13-6-8/h1-6,13H,(H,14,15). The van der Waals surface area contributed by atoms with Gasteiger partial charge in [-0.3, -0.25) is 0 Å². The molecule has 0 fully saturated rings. The minimum atomic E-state index is 0.455. The molecule has 80 valence electrons. The molecule has 0 radical (unpaired) electrons. The lowest BCUT2D eigenvalue weighted by molar-refractivity contribution is 0.623. The van der Waals surface area contributed by atoms with E-state index in [1.54, 1.807) is 12.1 Å². The molecule has 2 aromatic heterocycles. The van der Waals surface area contributed by atoms with E-state index >= 15 is 0 Å². The third kappa shape index (κ3) is 1.63. The third-order valence-electron chi connectivity index (χ3n) is 2.20. The molecule has 2 N–H and O–H groups in total. The van der Waals surface area contributed by atoms with Crippen LogP contribution in [0.5, 0.6) is 0 Å². The van der Waals surface area contributed by atoms with Crippen LogP contribution < -0.4 is 5.32 Å². The van der Waals surface area contributed by atoms with Gasteiger partial charge >= 0.3 is 0 Å². The van der Waals surface area contributed by atoms with Crippen molar-refractivity contribution in [3.8, 4) is 0 Å². The smallest absolute Gasteiger partial charge is 0.300 e. The molecule has 0 saturated heterocycles. The van der Waals surface area contributed by atoms with Crippen LogP contribution in [0, 0.1) is 0 Å². The summed E-state index contributed by atoms with van der Waals surface area (Å²) in [6, 6.07) is 7.70. The van der Waals surface area contributed by atoms with Gasteiger partial charge in [0.15, 0.2) is 5.58 Å². The van der Waals surface area contributed by atoms with E-state index in [2.05, 4.69) is 15.3 Å². The van der Waals surface area contributed by atoms with E-state index in [0.717, 1.165) is 11.2 Å². The van der Waals surface area contributed by atoms with Crippen molar-refractivity contribution in [1.29, 1.82) is 0 Å². The highest BCUT2D eigenvalue weighted by Crippen LogP contribution is 2.24. The zero-order valence-corrected chi connectivity index (χ0v) is 8.95. The second-order valence-electron chi connectivity index (χ2n) is 3.36. The highest BCUT2D eigenvalue weighted by atomic mass is 35.5. The fraction of sp³-hybridized carbons (Fsp3) is 0. The summed E-state index contributed by atoms with van der Waals surface area (Å²) < 4.78 is 5.50. The molecule has 3 rings (SSSR count). The second-order valence-corrected chi connectivity index (χ2v) is 3.79. The lowest BCUT2D eigenvalue weighted by atomic mass is 10.3. The molecule has 0 atom stereocenters. The van der Waals surface area contributed by atoms with Gasteiger partial charge in [-0.15, -0.1) is 0 Å². The molecule has 0 aliphatic rings. The predicted octanol–water partition coefficient (Wildman–Crippen LogP) is 3.55. The number of hydrogen-bond acceptors (Lipinski definition) is 3. The van der Waals surface area contributed by atoms with E-state index in [-0.39, 0.29) is 0 Å². The Bertz CT molecular complexity index is 615. The Balaban J connectivity index is 1.99. The number of rotatable bonds is 2. The Labute approximate surface area is 96.2 Å². The van der Waals surface area contributed by atoms with Gasteiger partial charge in [0.2, 0.25) is 0 Å². The monoisotopic (exact) mass is 233 g/mol. The van der Waals surface area contributed by atoms with Crippen LogP contribution >= 0.6 is 11.6 Å². The van der Waals surface area contributed by atoms with Crippen molar-refractivity contribution in [2.24, 2.45) is 0 Å². The van der Waals surface area contributed by atoms with Crippen LogP contribution in [0.1, 0.15) is 0 Å². The first-order chi connectivity index (χ1) is 7.81. The minimum absolute atomic E-state index is 0.455. The number of halogens is 1. The number of hydrogen-bond donors (Lipinski definition) is 2. The molecule has 0 saturated carbocycles. The molecule has 0 aliphatic heterocycles. The SMILES string of the molecule is Clc1ccc2nc(Nc3cc[nH]c3)oc2c1. The number of aromatic nitrogens is 2. The largest absolute Gasteiger partial charge is 0.423 e. The van der Waals surface area contributed by atoms with Crippen molar-refractivity contribution in [2.45, 2.75) is 0 Å². The third-order valence-corrected chi connectivity index (χ3v) is 2.43. The first-order valence-corrected chi connectivity index (χ1v) is 5.15. The average molecular weight is 234 g/mol. The number of nitrogens with zero attached hydrogens (tertiary/aromatic N) is 1. The van der Waals surface area contributed by atoms with Gasteiger partial charge < -0.3 is 14.7 Å². The zero-order valence-electron chi connectivity index (χ0n) is 8.20. The van der Waals surface area contributed by atoms with Gasteiger partial charge in [-0.25, -0.2) is 0 Å². The lowest BCUT2D eigenvalue weighted by Crippen LogP contribution is -1.86. The highest BCUT2D eigenvalue weighted by molar-refractivity contribution is 6.31. The van der Waals surface area contributed by atoms with Gasteiger partial charge in [0, 0.05) is 23.5 Å². The summed E-state index contributed by atoms with van der Waals surface area (Å²) in [5, 5.41) is 3.68. The fourth-order valence-corrected chi connectivity index (χ4v) is 1.64. The van der Waals surface area contributed by atoms with Crippen LogP contribution in [-0.4, -0.2) is 9.97 Å². The average Bonchev–Trinajstić information content (AvgIpc) is 2.86. The van der Waals surface area contributed by atoms with Crippen LogP contribution in [0.4, 0.5) is 11.7 Å². The summed E-state index contributed by atoms with van der Waals surface area (Å²) in [5.41, 5.74) is 2.35. The second kappa shape index (κ2) is 3.57. The molecular formula is C11H8ClN3O. The maximum absolute atomic E-state index is 5.86. The molecule has 0 aliphatic carbocycles. The van der Waals surface area contributed by atoms with Crippen LogP contribution in [0.25, 0.3) is 11.1 Å². The van der Waals surface area contributed by atoms with Crippen LogP contribution in [0.2, 0.25) is 5.02 Å². The first kappa shape index (κ1) is 9.30. The van der Waals surface area contributed by atoms with E-state index in [4.69, 9.17) is 16.0 Å². The molecule has 4 nitrogen and oxygen atoms in total. The Morgan fingerprint density at radius 3 is 3.06 bits per heavy atom. The lowest BCUT2D eigenvalue weighted by Gasteiger charge is -1.94. The maximum atomic E-state index is 5.86. The minimum Gasteiger partial charge on any atom is -0.423 e. The molecule has 0 unspecified atom stereocenters. The Morgan fingerprint density at radius 2 is 2.25 bits per heavy atom. The van der Waals surface area contributed by atoms with Crippen molar-refractivity contribution in [1.82, 2.24) is 9.97 Å². The van der Waals surface area contributed by atoms with Gasteiger partial charge in [0.1, 0.15) is 5.52 Å². The van der Waals surface area contributed by atoms with Crippen LogP contribution in [-0.2, 0) is 0 Å². The van der Waals surface area contributed by atoms with Gasteiger partial charge in [-0.2, -0.15) is 4.98 Å². The molecule has 0 amide bonds. The number of H-pyrrole nitrogens is 1. The Hall–Kier alpha value is -1.94. The van der Waals surface area contributed by atoms with Crippen LogP contribution in [0.3, 0.4) is 0 Å². The zero-order chi connectivity index (χ0) is 11.0. The van der Waals surface area contributed by atoms with Gasteiger partial charge in [-0.1, -0.05) is 11.6 Å². The number of nitrogens with one attached hydrogen (secondary N) is 2. The topological polar surface area (TPSA) is 53.9 Å². The van der Waals surface area contributed by atoms with Crippen LogP contribution in [0.15, 0.2) is 41.1 Å². The van der Waals surface area contributed by atoms with E-state index in [1.807, 2.05) is 24.5 Å². The molecule has 5 heteroatoms. The number of benzene rings is 1. The predicted molar refractivity (Wildman–Crippen MR) is 63.1 cm³/mol. The Morgan fingerprint density at radius 1 is 1.31 bits per heavy atom. The summed E-state index contributed by atoms with van der Waals surface area (Å²) in [6.45, 7) is 0. The summed E-state index contributed by atoms with van der Waals surface area (Å²) in [5.74, 6) is 0. The maximum Gasteiger partial charge on any atom is 0.300 e. The number of aromatic amines is 1. The summed E-state index contributed by atoms with van der Waals surface area (Å²) >= 11 is 5.86. The highest BCUT2D eigenvalue weighted by Gasteiger charge is 2.06. The normalized spacial score (nSPS) is 10.8. The van der Waals surface area contributed by atoms with E-state index in [1.165, 1.54) is 0 Å². The van der Waals surface area contributed by atoms with Crippen molar-refractivity contribution in [3.05, 3.63) is 41.7 Å². The van der Waals surface area contributed by atoms with E-state index in [9.17, 15) is 0 Å². The van der Waals surface area contributed by atoms with Crippen molar-refractivity contribution in [2.75, 3.05) is 5.32 Å². The Kier molecular flexibility index (Phi) is 2.08. The van der Waals surface area contributed by atoms with Crippen molar-refractivity contribution < 1.29 is 4.42 Å². The molecule has 1 aromatic carbocycles. The first-order valence-electron chi connectivity index (χ1n) is 4.77. The van der Waals surface area contributed by atoms with Crippen molar-refractivity contribution in [3.63, 3.8) is 0 Å². The summed E-state index contributed by atoms with van der Waals surface area (Å²) in [7, 11) is 0. The molecule has 16 heavy (non-hydrogen) atoms. The van der Waals surface area contributed by atoms with Gasteiger partial charge in [0.25, 0.3) is 6.01 Å². The molecule has 3 aromatic rings. The van der Waals surface area contributed by atoms with E-state index < -0.39 is 0 Å². The molecule has 0 spiro atoms. The number of oxazole rings is 1. The molecule has 0 bridgehead atoms. The molecular weight excluding hydrogens is 226 g/mol. The van der Waals surface area contributed by atoms with Gasteiger partial charge in [-0.05, 0) is 18.2 Å². The number of fused-ring (bicyclic) bond motifs is 1. The molecule has 2 heterocycles. The fourth-order valence-electron chi connectivity index (χ4n) is 1.48. The van der Waals surface area contributed by atoms with Gasteiger partial charge in [0.05, 0.1) is 5.69 Å². The van der Waals surface area contributed by atoms with Crippen molar-refractivity contribution >= 4 is 34.4 Å². The quantitative estimate of drug-likeness (QED) is 0.712. The summed E-state index contributed by atoms with van der Waals surface area (Å²) in [6.07, 6.45) is 3.64. The van der Waals surface area contributed by atoms with E-state index in [0.29, 0.717) is 16.6 Å². The number of anilines is 2. The summed E-state index contributed by atoms with van der Waals surface area (Å²) in [4.78, 5) is 7.22.